The van der Waals surface area contributed by atoms with Crippen molar-refractivity contribution < 1.29 is 4.74 Å². The van der Waals surface area contributed by atoms with E-state index in [9.17, 15) is 0 Å². The van der Waals surface area contributed by atoms with Gasteiger partial charge in [0.15, 0.2) is 0 Å². The summed E-state index contributed by atoms with van der Waals surface area (Å²) in [5.41, 5.74) is 1.18. The number of halogens is 2. The highest BCUT2D eigenvalue weighted by molar-refractivity contribution is 6.24. The molecule has 1 aliphatic rings. The lowest BCUT2D eigenvalue weighted by molar-refractivity contribution is 0.330. The van der Waals surface area contributed by atoms with Gasteiger partial charge in [0.05, 0.1) is 7.11 Å². The maximum atomic E-state index is 6.53. The number of hydrogen-bond acceptors (Lipinski definition) is 1. The molecule has 3 heteroatoms. The predicted molar refractivity (Wildman–Crippen MR) is 73.5 cm³/mol. The maximum absolute atomic E-state index is 6.53. The van der Waals surface area contributed by atoms with Crippen LogP contribution < -0.4 is 4.74 Å². The molecule has 0 amide bonds. The Labute approximate surface area is 113 Å². The zero-order valence-electron chi connectivity index (χ0n) is 10.1. The molecule has 1 fully saturated rings. The fourth-order valence-electron chi connectivity index (χ4n) is 2.67. The molecule has 0 spiro atoms. The molecular weight excluding hydrogens is 255 g/mol. The number of alkyl halides is 2. The number of methoxy groups -OCH3 is 1. The summed E-state index contributed by atoms with van der Waals surface area (Å²) in [6.07, 6.45) is 4.56. The van der Waals surface area contributed by atoms with E-state index in [4.69, 9.17) is 27.9 Å². The van der Waals surface area contributed by atoms with Gasteiger partial charge in [0.1, 0.15) is 5.75 Å². The molecule has 0 bridgehead atoms. The quantitative estimate of drug-likeness (QED) is 0.744. The highest BCUT2D eigenvalue weighted by Gasteiger charge is 2.40. The Morgan fingerprint density at radius 1 is 1.29 bits per heavy atom. The lowest BCUT2D eigenvalue weighted by Gasteiger charge is -2.40. The Kier molecular flexibility index (Phi) is 4.22. The summed E-state index contributed by atoms with van der Waals surface area (Å²) in [6, 6.07) is 8.17. The van der Waals surface area contributed by atoms with Gasteiger partial charge in [0, 0.05) is 16.7 Å². The van der Waals surface area contributed by atoms with E-state index in [1.54, 1.807) is 7.11 Å². The fourth-order valence-corrected chi connectivity index (χ4v) is 3.69. The van der Waals surface area contributed by atoms with Crippen molar-refractivity contribution in [1.82, 2.24) is 0 Å². The third-order valence-electron chi connectivity index (χ3n) is 3.83. The standard InChI is InChI=1S/C14H18Cl2O/c1-17-12-7-5-11(6-8-12)14(10-15)9-3-2-4-13(14)16/h5-8,13H,2-4,9-10H2,1H3. The summed E-state index contributed by atoms with van der Waals surface area (Å²) in [5, 5.41) is 0.141. The van der Waals surface area contributed by atoms with Crippen LogP contribution in [-0.2, 0) is 5.41 Å². The molecule has 0 radical (unpaired) electrons. The van der Waals surface area contributed by atoms with Crippen LogP contribution in [0.25, 0.3) is 0 Å². The average Bonchev–Trinajstić information content (AvgIpc) is 2.40. The first kappa shape index (κ1) is 13.0. The minimum Gasteiger partial charge on any atom is -0.497 e. The van der Waals surface area contributed by atoms with E-state index in [1.165, 1.54) is 18.4 Å². The zero-order valence-corrected chi connectivity index (χ0v) is 11.6. The molecule has 94 valence electrons. The van der Waals surface area contributed by atoms with Crippen molar-refractivity contribution in [1.29, 1.82) is 0 Å². The van der Waals surface area contributed by atoms with Crippen LogP contribution in [0.15, 0.2) is 24.3 Å². The monoisotopic (exact) mass is 272 g/mol. The summed E-state index contributed by atoms with van der Waals surface area (Å²) in [7, 11) is 1.68. The number of hydrogen-bond donors (Lipinski definition) is 0. The van der Waals surface area contributed by atoms with Gasteiger partial charge in [-0.2, -0.15) is 0 Å². The highest BCUT2D eigenvalue weighted by atomic mass is 35.5. The topological polar surface area (TPSA) is 9.23 Å². The zero-order chi connectivity index (χ0) is 12.3. The van der Waals surface area contributed by atoms with Crippen LogP contribution in [0.1, 0.15) is 31.2 Å². The molecule has 0 aliphatic heterocycles. The van der Waals surface area contributed by atoms with Gasteiger partial charge in [-0.25, -0.2) is 0 Å². The van der Waals surface area contributed by atoms with Gasteiger partial charge in [-0.15, -0.1) is 23.2 Å². The van der Waals surface area contributed by atoms with Gasteiger partial charge in [0.2, 0.25) is 0 Å². The van der Waals surface area contributed by atoms with Crippen LogP contribution in [0.4, 0.5) is 0 Å². The molecule has 2 unspecified atom stereocenters. The van der Waals surface area contributed by atoms with Gasteiger partial charge in [-0.1, -0.05) is 25.0 Å². The SMILES string of the molecule is COc1ccc(C2(CCl)CCCCC2Cl)cc1. The minimum absolute atomic E-state index is 0.0619. The van der Waals surface area contributed by atoms with Crippen molar-refractivity contribution in [3.05, 3.63) is 29.8 Å². The lowest BCUT2D eigenvalue weighted by Crippen LogP contribution is -2.40. The van der Waals surface area contributed by atoms with Crippen molar-refractivity contribution >= 4 is 23.2 Å². The van der Waals surface area contributed by atoms with Crippen molar-refractivity contribution in [2.75, 3.05) is 13.0 Å². The minimum atomic E-state index is -0.0619. The summed E-state index contributed by atoms with van der Waals surface area (Å²) in [6.45, 7) is 0. The van der Waals surface area contributed by atoms with Crippen LogP contribution in [-0.4, -0.2) is 18.4 Å². The average molecular weight is 273 g/mol. The molecule has 0 heterocycles. The number of ether oxygens (including phenoxy) is 1. The van der Waals surface area contributed by atoms with E-state index in [0.717, 1.165) is 18.6 Å². The Hall–Kier alpha value is -0.400. The lowest BCUT2D eigenvalue weighted by atomic mass is 9.70. The molecule has 1 aromatic carbocycles. The van der Waals surface area contributed by atoms with E-state index in [-0.39, 0.29) is 10.8 Å². The second-order valence-electron chi connectivity index (χ2n) is 4.73. The Morgan fingerprint density at radius 3 is 2.53 bits per heavy atom. The van der Waals surface area contributed by atoms with E-state index < -0.39 is 0 Å². The number of benzene rings is 1. The van der Waals surface area contributed by atoms with Crippen LogP contribution >= 0.6 is 23.2 Å². The van der Waals surface area contributed by atoms with Crippen molar-refractivity contribution in [2.24, 2.45) is 0 Å². The van der Waals surface area contributed by atoms with Gasteiger partial charge in [-0.05, 0) is 30.5 Å². The highest BCUT2D eigenvalue weighted by Crippen LogP contribution is 2.43. The van der Waals surface area contributed by atoms with Crippen molar-refractivity contribution in [3.8, 4) is 5.75 Å². The Balaban J connectivity index is 2.32. The smallest absolute Gasteiger partial charge is 0.118 e. The molecule has 0 saturated heterocycles. The molecule has 17 heavy (non-hydrogen) atoms. The normalized spacial score (nSPS) is 29.0. The largest absolute Gasteiger partial charge is 0.497 e. The Morgan fingerprint density at radius 2 is 2.00 bits per heavy atom. The summed E-state index contributed by atoms with van der Waals surface area (Å²) < 4.78 is 5.18. The third kappa shape index (κ3) is 2.41. The molecule has 1 nitrogen and oxygen atoms in total. The second kappa shape index (κ2) is 5.49. The first-order valence-electron chi connectivity index (χ1n) is 6.07. The van der Waals surface area contributed by atoms with E-state index in [1.807, 2.05) is 12.1 Å². The molecule has 2 rings (SSSR count). The first-order valence-corrected chi connectivity index (χ1v) is 7.04. The first-order chi connectivity index (χ1) is 8.23. The fraction of sp³-hybridized carbons (Fsp3) is 0.571. The molecular formula is C14H18Cl2O. The summed E-state index contributed by atoms with van der Waals surface area (Å²) >= 11 is 12.8. The third-order valence-corrected chi connectivity index (χ3v) is 4.95. The summed E-state index contributed by atoms with van der Waals surface area (Å²) in [5.74, 6) is 1.47. The molecule has 1 saturated carbocycles. The van der Waals surface area contributed by atoms with E-state index in [0.29, 0.717) is 5.88 Å². The van der Waals surface area contributed by atoms with Gasteiger partial charge >= 0.3 is 0 Å². The van der Waals surface area contributed by atoms with Gasteiger partial charge < -0.3 is 4.74 Å². The maximum Gasteiger partial charge on any atom is 0.118 e. The van der Waals surface area contributed by atoms with Gasteiger partial charge in [-0.3, -0.25) is 0 Å². The Bertz CT molecular complexity index is 363. The van der Waals surface area contributed by atoms with Crippen LogP contribution in [0, 0.1) is 0 Å². The van der Waals surface area contributed by atoms with E-state index >= 15 is 0 Å². The summed E-state index contributed by atoms with van der Waals surface area (Å²) in [4.78, 5) is 0. The predicted octanol–water partition coefficient (Wildman–Crippen LogP) is 4.35. The molecule has 1 aromatic rings. The van der Waals surface area contributed by atoms with Crippen molar-refractivity contribution in [3.63, 3.8) is 0 Å². The van der Waals surface area contributed by atoms with Crippen molar-refractivity contribution in [2.45, 2.75) is 36.5 Å². The molecule has 0 N–H and O–H groups in total. The van der Waals surface area contributed by atoms with Crippen LogP contribution in [0.5, 0.6) is 5.75 Å². The van der Waals surface area contributed by atoms with Crippen LogP contribution in [0.3, 0.4) is 0 Å². The number of rotatable bonds is 3. The van der Waals surface area contributed by atoms with Gasteiger partial charge in [0.25, 0.3) is 0 Å². The molecule has 1 aliphatic carbocycles. The second-order valence-corrected chi connectivity index (χ2v) is 5.53. The molecule has 0 aromatic heterocycles. The molecule has 2 atom stereocenters. The van der Waals surface area contributed by atoms with Crippen LogP contribution in [0.2, 0.25) is 0 Å². The van der Waals surface area contributed by atoms with E-state index in [2.05, 4.69) is 12.1 Å².